The second-order valence-electron chi connectivity index (χ2n) is 4.89. The van der Waals surface area contributed by atoms with Gasteiger partial charge in [0.2, 0.25) is 0 Å². The number of ether oxygens (including phenoxy) is 1. The van der Waals surface area contributed by atoms with Crippen LogP contribution in [-0.4, -0.2) is 30.6 Å². The van der Waals surface area contributed by atoms with Crippen molar-refractivity contribution in [2.24, 2.45) is 0 Å². The zero-order valence-electron chi connectivity index (χ0n) is 11.8. The number of aryl methyl sites for hydroxylation is 2. The van der Waals surface area contributed by atoms with E-state index in [-0.39, 0.29) is 12.0 Å². The zero-order valence-corrected chi connectivity index (χ0v) is 11.8. The molecule has 0 aliphatic heterocycles. The standard InChI is InChI=1S/C15H20N2O2/c1-9(19-4)8-16-15(18)12-5-6-14-13(7-12)10(2)11(3)17-14/h5-7,9,17H,8H2,1-4H3,(H,16,18). The van der Waals surface area contributed by atoms with Crippen molar-refractivity contribution >= 4 is 16.8 Å². The van der Waals surface area contributed by atoms with Gasteiger partial charge in [-0.25, -0.2) is 0 Å². The van der Waals surface area contributed by atoms with E-state index in [4.69, 9.17) is 4.74 Å². The van der Waals surface area contributed by atoms with Gasteiger partial charge in [0.25, 0.3) is 5.91 Å². The Morgan fingerprint density at radius 1 is 1.42 bits per heavy atom. The first-order chi connectivity index (χ1) is 9.02. The Morgan fingerprint density at radius 2 is 2.16 bits per heavy atom. The molecule has 1 atom stereocenters. The molecular weight excluding hydrogens is 240 g/mol. The summed E-state index contributed by atoms with van der Waals surface area (Å²) in [7, 11) is 1.63. The van der Waals surface area contributed by atoms with Crippen LogP contribution in [0.4, 0.5) is 0 Å². The van der Waals surface area contributed by atoms with E-state index in [1.165, 1.54) is 5.56 Å². The molecule has 0 aliphatic carbocycles. The van der Waals surface area contributed by atoms with Crippen molar-refractivity contribution in [2.75, 3.05) is 13.7 Å². The van der Waals surface area contributed by atoms with Gasteiger partial charge in [0.1, 0.15) is 0 Å². The highest BCUT2D eigenvalue weighted by molar-refractivity contribution is 5.99. The third-order valence-corrected chi connectivity index (χ3v) is 3.52. The van der Waals surface area contributed by atoms with E-state index in [1.54, 1.807) is 7.11 Å². The molecule has 1 aromatic heterocycles. The van der Waals surface area contributed by atoms with Gasteiger partial charge in [-0.05, 0) is 44.5 Å². The van der Waals surface area contributed by atoms with Crippen LogP contribution >= 0.6 is 0 Å². The maximum absolute atomic E-state index is 12.0. The van der Waals surface area contributed by atoms with Gasteiger partial charge in [-0.3, -0.25) is 4.79 Å². The number of carbonyl (C=O) groups is 1. The maximum atomic E-state index is 12.0. The number of aromatic amines is 1. The highest BCUT2D eigenvalue weighted by Crippen LogP contribution is 2.22. The number of nitrogens with one attached hydrogen (secondary N) is 2. The molecule has 0 bridgehead atoms. The molecule has 4 nitrogen and oxygen atoms in total. The average Bonchev–Trinajstić information content (AvgIpc) is 2.70. The second kappa shape index (κ2) is 5.45. The molecule has 1 unspecified atom stereocenters. The minimum absolute atomic E-state index is 0.0175. The fourth-order valence-electron chi connectivity index (χ4n) is 2.02. The number of hydrogen-bond acceptors (Lipinski definition) is 2. The minimum Gasteiger partial charge on any atom is -0.380 e. The van der Waals surface area contributed by atoms with E-state index in [0.29, 0.717) is 12.1 Å². The molecule has 19 heavy (non-hydrogen) atoms. The van der Waals surface area contributed by atoms with Crippen molar-refractivity contribution in [1.82, 2.24) is 10.3 Å². The van der Waals surface area contributed by atoms with Crippen LogP contribution in [0, 0.1) is 13.8 Å². The van der Waals surface area contributed by atoms with E-state index in [1.807, 2.05) is 32.0 Å². The molecule has 0 saturated heterocycles. The normalized spacial score (nSPS) is 12.6. The van der Waals surface area contributed by atoms with Crippen LogP contribution in [0.2, 0.25) is 0 Å². The van der Waals surface area contributed by atoms with E-state index in [9.17, 15) is 4.79 Å². The molecule has 1 amide bonds. The molecule has 0 aliphatic rings. The summed E-state index contributed by atoms with van der Waals surface area (Å²) in [5.41, 5.74) is 4.07. The Kier molecular flexibility index (Phi) is 3.90. The predicted octanol–water partition coefficient (Wildman–Crippen LogP) is 2.55. The molecule has 0 spiro atoms. The summed E-state index contributed by atoms with van der Waals surface area (Å²) in [4.78, 5) is 15.4. The van der Waals surface area contributed by atoms with Crippen molar-refractivity contribution in [2.45, 2.75) is 26.9 Å². The van der Waals surface area contributed by atoms with Gasteiger partial charge < -0.3 is 15.0 Å². The number of aromatic nitrogens is 1. The lowest BCUT2D eigenvalue weighted by Crippen LogP contribution is -2.31. The average molecular weight is 260 g/mol. The summed E-state index contributed by atoms with van der Waals surface area (Å²) in [6, 6.07) is 5.72. The first kappa shape index (κ1) is 13.6. The molecule has 102 valence electrons. The largest absolute Gasteiger partial charge is 0.380 e. The van der Waals surface area contributed by atoms with Crippen molar-refractivity contribution < 1.29 is 9.53 Å². The van der Waals surface area contributed by atoms with E-state index < -0.39 is 0 Å². The smallest absolute Gasteiger partial charge is 0.251 e. The van der Waals surface area contributed by atoms with Crippen LogP contribution in [0.5, 0.6) is 0 Å². The number of fused-ring (bicyclic) bond motifs is 1. The molecule has 0 radical (unpaired) electrons. The summed E-state index contributed by atoms with van der Waals surface area (Å²) < 4.78 is 5.11. The fraction of sp³-hybridized carbons (Fsp3) is 0.400. The number of methoxy groups -OCH3 is 1. The molecule has 4 heteroatoms. The summed E-state index contributed by atoms with van der Waals surface area (Å²) >= 11 is 0. The monoisotopic (exact) mass is 260 g/mol. The van der Waals surface area contributed by atoms with E-state index in [2.05, 4.69) is 17.2 Å². The Hall–Kier alpha value is -1.81. The predicted molar refractivity (Wildman–Crippen MR) is 76.6 cm³/mol. The van der Waals surface area contributed by atoms with Crippen molar-refractivity contribution in [3.63, 3.8) is 0 Å². The lowest BCUT2D eigenvalue weighted by Gasteiger charge is -2.10. The van der Waals surface area contributed by atoms with Crippen LogP contribution < -0.4 is 5.32 Å². The zero-order chi connectivity index (χ0) is 14.0. The van der Waals surface area contributed by atoms with Gasteiger partial charge in [0.05, 0.1) is 6.10 Å². The Labute approximate surface area is 113 Å². The molecule has 2 N–H and O–H groups in total. The number of carbonyl (C=O) groups excluding carboxylic acids is 1. The lowest BCUT2D eigenvalue weighted by atomic mass is 10.1. The lowest BCUT2D eigenvalue weighted by molar-refractivity contribution is 0.0870. The first-order valence-electron chi connectivity index (χ1n) is 6.43. The molecular formula is C15H20N2O2. The molecule has 1 aromatic carbocycles. The van der Waals surface area contributed by atoms with Gasteiger partial charge >= 0.3 is 0 Å². The van der Waals surface area contributed by atoms with Crippen molar-refractivity contribution in [1.29, 1.82) is 0 Å². The van der Waals surface area contributed by atoms with Crippen LogP contribution in [0.1, 0.15) is 28.5 Å². The van der Waals surface area contributed by atoms with E-state index >= 15 is 0 Å². The molecule has 0 fully saturated rings. The topological polar surface area (TPSA) is 54.1 Å². The van der Waals surface area contributed by atoms with Crippen molar-refractivity contribution in [3.05, 3.63) is 35.0 Å². The Morgan fingerprint density at radius 3 is 2.84 bits per heavy atom. The highest BCUT2D eigenvalue weighted by Gasteiger charge is 2.10. The minimum atomic E-state index is -0.0657. The highest BCUT2D eigenvalue weighted by atomic mass is 16.5. The first-order valence-corrected chi connectivity index (χ1v) is 6.43. The van der Waals surface area contributed by atoms with Crippen LogP contribution in [0.15, 0.2) is 18.2 Å². The van der Waals surface area contributed by atoms with Gasteiger partial charge in [-0.1, -0.05) is 0 Å². The number of amides is 1. The number of benzene rings is 1. The van der Waals surface area contributed by atoms with Crippen LogP contribution in [0.3, 0.4) is 0 Å². The van der Waals surface area contributed by atoms with Gasteiger partial charge in [0.15, 0.2) is 0 Å². The van der Waals surface area contributed by atoms with Crippen molar-refractivity contribution in [3.8, 4) is 0 Å². The van der Waals surface area contributed by atoms with Crippen LogP contribution in [-0.2, 0) is 4.74 Å². The van der Waals surface area contributed by atoms with Gasteiger partial charge in [0, 0.05) is 35.8 Å². The Balaban J connectivity index is 2.20. The van der Waals surface area contributed by atoms with Gasteiger partial charge in [-0.15, -0.1) is 0 Å². The number of H-pyrrole nitrogens is 1. The van der Waals surface area contributed by atoms with Crippen LogP contribution in [0.25, 0.3) is 10.9 Å². The summed E-state index contributed by atoms with van der Waals surface area (Å²) in [5.74, 6) is -0.0657. The number of rotatable bonds is 4. The van der Waals surface area contributed by atoms with Gasteiger partial charge in [-0.2, -0.15) is 0 Å². The SMILES string of the molecule is COC(C)CNC(=O)c1ccc2[nH]c(C)c(C)c2c1. The fourth-order valence-corrected chi connectivity index (χ4v) is 2.02. The third kappa shape index (κ3) is 2.79. The molecule has 1 heterocycles. The maximum Gasteiger partial charge on any atom is 0.251 e. The molecule has 2 aromatic rings. The third-order valence-electron chi connectivity index (χ3n) is 3.52. The van der Waals surface area contributed by atoms with E-state index in [0.717, 1.165) is 16.6 Å². The number of hydrogen-bond donors (Lipinski definition) is 2. The quantitative estimate of drug-likeness (QED) is 0.887. The molecule has 2 rings (SSSR count). The Bertz CT molecular complexity index is 601. The summed E-state index contributed by atoms with van der Waals surface area (Å²) in [6.45, 7) is 6.53. The summed E-state index contributed by atoms with van der Waals surface area (Å²) in [5, 5.41) is 3.97. The second-order valence-corrected chi connectivity index (χ2v) is 4.89. The molecule has 0 saturated carbocycles. The summed E-state index contributed by atoms with van der Waals surface area (Å²) in [6.07, 6.45) is 0.0175.